The first-order chi connectivity index (χ1) is 11.0. The number of aromatic amines is 1. The van der Waals surface area contributed by atoms with Gasteiger partial charge in [0.15, 0.2) is 0 Å². The van der Waals surface area contributed by atoms with E-state index in [0.717, 1.165) is 29.3 Å². The van der Waals surface area contributed by atoms with Crippen LogP contribution in [-0.4, -0.2) is 26.2 Å². The Balaban J connectivity index is 2.03. The molecule has 0 radical (unpaired) electrons. The van der Waals surface area contributed by atoms with Gasteiger partial charge in [-0.05, 0) is 31.2 Å². The van der Waals surface area contributed by atoms with Gasteiger partial charge in [-0.25, -0.2) is 9.97 Å². The van der Waals surface area contributed by atoms with Crippen LogP contribution in [0.3, 0.4) is 0 Å². The summed E-state index contributed by atoms with van der Waals surface area (Å²) in [5.41, 5.74) is 3.08. The van der Waals surface area contributed by atoms with Gasteiger partial charge in [-0.2, -0.15) is 5.10 Å². The summed E-state index contributed by atoms with van der Waals surface area (Å²) in [6, 6.07) is 2.31. The number of hydrogen-bond acceptors (Lipinski definition) is 4. The quantitative estimate of drug-likeness (QED) is 0.746. The maximum atomic E-state index is 4.66. The van der Waals surface area contributed by atoms with Crippen LogP contribution in [0.5, 0.6) is 0 Å². The van der Waals surface area contributed by atoms with E-state index >= 15 is 0 Å². The van der Waals surface area contributed by atoms with Crippen LogP contribution >= 0.6 is 0 Å². The Morgan fingerprint density at radius 3 is 2.61 bits per heavy atom. The van der Waals surface area contributed by atoms with Crippen LogP contribution in [0.1, 0.15) is 65.5 Å². The first-order valence-electron chi connectivity index (χ1n) is 8.60. The zero-order valence-electron chi connectivity index (χ0n) is 14.9. The molecule has 0 saturated heterocycles. The predicted molar refractivity (Wildman–Crippen MR) is 95.5 cm³/mol. The third-order valence-corrected chi connectivity index (χ3v) is 3.97. The summed E-state index contributed by atoms with van der Waals surface area (Å²) in [5.74, 6) is 1.83. The molecule has 0 aromatic carbocycles. The zero-order chi connectivity index (χ0) is 16.8. The van der Waals surface area contributed by atoms with Gasteiger partial charge in [0.05, 0.1) is 11.9 Å². The van der Waals surface area contributed by atoms with E-state index in [1.165, 1.54) is 12.8 Å². The number of anilines is 1. The van der Waals surface area contributed by atoms with Crippen LogP contribution in [-0.2, 0) is 0 Å². The molecule has 1 atom stereocenters. The first-order valence-corrected chi connectivity index (χ1v) is 8.60. The summed E-state index contributed by atoms with van der Waals surface area (Å²) in [4.78, 5) is 9.01. The standard InChI is InChI=1S/C18H29N5/c1-12(2)7-6-8-14(5)21-18-19-10-9-16(22-18)15-11-20-23-17(15)13(3)4/h9-14H,6-8H2,1-5H3,(H,20,23)(H,19,21,22). The minimum absolute atomic E-state index is 0.373. The van der Waals surface area contributed by atoms with Gasteiger partial charge in [0.25, 0.3) is 0 Å². The van der Waals surface area contributed by atoms with E-state index in [1.807, 2.05) is 18.5 Å². The second-order valence-corrected chi connectivity index (χ2v) is 6.99. The van der Waals surface area contributed by atoms with Gasteiger partial charge in [-0.15, -0.1) is 0 Å². The molecule has 5 heteroatoms. The molecule has 2 aromatic rings. The molecule has 0 spiro atoms. The summed E-state index contributed by atoms with van der Waals surface area (Å²) >= 11 is 0. The van der Waals surface area contributed by atoms with Crippen molar-refractivity contribution < 1.29 is 0 Å². The number of hydrogen-bond donors (Lipinski definition) is 2. The lowest BCUT2D eigenvalue weighted by Gasteiger charge is -2.15. The Morgan fingerprint density at radius 2 is 1.91 bits per heavy atom. The molecule has 0 aliphatic heterocycles. The van der Waals surface area contributed by atoms with E-state index in [-0.39, 0.29) is 0 Å². The summed E-state index contributed by atoms with van der Waals surface area (Å²) in [7, 11) is 0. The van der Waals surface area contributed by atoms with Crippen molar-refractivity contribution in [2.75, 3.05) is 5.32 Å². The van der Waals surface area contributed by atoms with Crippen molar-refractivity contribution in [1.82, 2.24) is 20.2 Å². The van der Waals surface area contributed by atoms with Crippen molar-refractivity contribution in [2.24, 2.45) is 5.92 Å². The molecule has 0 fully saturated rings. The van der Waals surface area contributed by atoms with Gasteiger partial charge >= 0.3 is 0 Å². The average Bonchev–Trinajstić information content (AvgIpc) is 2.96. The number of H-pyrrole nitrogens is 1. The van der Waals surface area contributed by atoms with Crippen LogP contribution in [0.25, 0.3) is 11.3 Å². The van der Waals surface area contributed by atoms with E-state index in [2.05, 4.69) is 60.1 Å². The van der Waals surface area contributed by atoms with Gasteiger partial charge in [-0.1, -0.05) is 40.5 Å². The van der Waals surface area contributed by atoms with Crippen LogP contribution in [0.15, 0.2) is 18.5 Å². The molecule has 23 heavy (non-hydrogen) atoms. The molecule has 2 rings (SSSR count). The molecule has 126 valence electrons. The second-order valence-electron chi connectivity index (χ2n) is 6.99. The fourth-order valence-electron chi connectivity index (χ4n) is 2.64. The molecule has 0 aliphatic carbocycles. The molecular weight excluding hydrogens is 286 g/mol. The van der Waals surface area contributed by atoms with Gasteiger partial charge in [0, 0.05) is 23.5 Å². The van der Waals surface area contributed by atoms with E-state index in [0.29, 0.717) is 17.9 Å². The molecule has 0 saturated carbocycles. The summed E-state index contributed by atoms with van der Waals surface area (Å²) < 4.78 is 0. The maximum absolute atomic E-state index is 4.66. The number of nitrogens with one attached hydrogen (secondary N) is 2. The van der Waals surface area contributed by atoms with Crippen molar-refractivity contribution in [3.05, 3.63) is 24.2 Å². The summed E-state index contributed by atoms with van der Waals surface area (Å²) in [6.45, 7) is 11.0. The van der Waals surface area contributed by atoms with Crippen molar-refractivity contribution in [2.45, 2.75) is 65.8 Å². The average molecular weight is 315 g/mol. The lowest BCUT2D eigenvalue weighted by atomic mass is 10.0. The van der Waals surface area contributed by atoms with Crippen molar-refractivity contribution in [3.63, 3.8) is 0 Å². The highest BCUT2D eigenvalue weighted by Crippen LogP contribution is 2.26. The Kier molecular flexibility index (Phi) is 6.13. The van der Waals surface area contributed by atoms with Crippen molar-refractivity contribution >= 4 is 5.95 Å². The molecule has 0 bridgehead atoms. The van der Waals surface area contributed by atoms with Crippen molar-refractivity contribution in [1.29, 1.82) is 0 Å². The van der Waals surface area contributed by atoms with E-state index in [4.69, 9.17) is 0 Å². The Labute approximate surface area is 139 Å². The van der Waals surface area contributed by atoms with Crippen LogP contribution in [0.4, 0.5) is 5.95 Å². The van der Waals surface area contributed by atoms with Crippen molar-refractivity contribution in [3.8, 4) is 11.3 Å². The number of nitrogens with zero attached hydrogens (tertiary/aromatic N) is 3. The molecule has 2 aromatic heterocycles. The SMILES string of the molecule is CC(C)CCCC(C)Nc1nccc(-c2cn[nH]c2C(C)C)n1. The molecule has 2 heterocycles. The van der Waals surface area contributed by atoms with Gasteiger partial charge < -0.3 is 5.32 Å². The highest BCUT2D eigenvalue weighted by atomic mass is 15.1. The van der Waals surface area contributed by atoms with Crippen LogP contribution in [0, 0.1) is 5.92 Å². The molecule has 0 amide bonds. The van der Waals surface area contributed by atoms with Crippen LogP contribution in [0.2, 0.25) is 0 Å². The van der Waals surface area contributed by atoms with Gasteiger partial charge in [-0.3, -0.25) is 5.10 Å². The fraction of sp³-hybridized carbons (Fsp3) is 0.611. The first kappa shape index (κ1) is 17.4. The Morgan fingerprint density at radius 1 is 1.13 bits per heavy atom. The maximum Gasteiger partial charge on any atom is 0.223 e. The fourth-order valence-corrected chi connectivity index (χ4v) is 2.64. The second kappa shape index (κ2) is 8.09. The summed E-state index contributed by atoms with van der Waals surface area (Å²) in [5, 5.41) is 10.6. The van der Waals surface area contributed by atoms with E-state index in [9.17, 15) is 0 Å². The highest BCUT2D eigenvalue weighted by molar-refractivity contribution is 5.62. The Hall–Kier alpha value is -1.91. The Bertz CT molecular complexity index is 603. The number of aromatic nitrogens is 4. The smallest absolute Gasteiger partial charge is 0.223 e. The lowest BCUT2D eigenvalue weighted by Crippen LogP contribution is -2.17. The molecule has 5 nitrogen and oxygen atoms in total. The predicted octanol–water partition coefficient (Wildman–Crippen LogP) is 4.62. The van der Waals surface area contributed by atoms with Crippen LogP contribution < -0.4 is 5.32 Å². The lowest BCUT2D eigenvalue weighted by molar-refractivity contribution is 0.519. The normalized spacial score (nSPS) is 12.8. The third-order valence-electron chi connectivity index (χ3n) is 3.97. The topological polar surface area (TPSA) is 66.5 Å². The largest absolute Gasteiger partial charge is 0.352 e. The van der Waals surface area contributed by atoms with Gasteiger partial charge in [0.1, 0.15) is 0 Å². The molecule has 0 aliphatic rings. The highest BCUT2D eigenvalue weighted by Gasteiger charge is 2.13. The van der Waals surface area contributed by atoms with E-state index in [1.54, 1.807) is 0 Å². The molecule has 2 N–H and O–H groups in total. The zero-order valence-corrected chi connectivity index (χ0v) is 14.9. The number of rotatable bonds is 8. The monoisotopic (exact) mass is 315 g/mol. The molecular formula is C18H29N5. The molecule has 1 unspecified atom stereocenters. The summed E-state index contributed by atoms with van der Waals surface area (Å²) in [6.07, 6.45) is 7.27. The third kappa shape index (κ3) is 5.05. The van der Waals surface area contributed by atoms with E-state index < -0.39 is 0 Å². The minimum Gasteiger partial charge on any atom is -0.352 e. The minimum atomic E-state index is 0.373. The van der Waals surface area contributed by atoms with Gasteiger partial charge in [0.2, 0.25) is 5.95 Å².